The molecule has 1 saturated heterocycles. The van der Waals surface area contributed by atoms with Crippen LogP contribution in [0.3, 0.4) is 0 Å². The zero-order valence-corrected chi connectivity index (χ0v) is 16.7. The Hall–Kier alpha value is -1.99. The van der Waals surface area contributed by atoms with Crippen LogP contribution in [0, 0.1) is 0 Å². The number of ether oxygens (including phenoxy) is 2. The van der Waals surface area contributed by atoms with Gasteiger partial charge in [-0.25, -0.2) is 4.99 Å². The lowest BCUT2D eigenvalue weighted by atomic mass is 10.1. The smallest absolute Gasteiger partial charge is 0.191 e. The van der Waals surface area contributed by atoms with Gasteiger partial charge in [0.2, 0.25) is 0 Å². The fraction of sp³-hybridized carbons (Fsp3) is 0.650. The summed E-state index contributed by atoms with van der Waals surface area (Å²) < 4.78 is 10.8. The monoisotopic (exact) mass is 378 g/mol. The first kappa shape index (κ1) is 21.3. The number of methoxy groups -OCH3 is 1. The summed E-state index contributed by atoms with van der Waals surface area (Å²) in [6.45, 7) is 8.03. The largest absolute Gasteiger partial charge is 0.493 e. The average Bonchev–Trinajstić information content (AvgIpc) is 2.71. The maximum atomic E-state index is 8.90. The van der Waals surface area contributed by atoms with Crippen LogP contribution in [0.4, 0.5) is 0 Å². The van der Waals surface area contributed by atoms with Gasteiger partial charge in [0.15, 0.2) is 17.5 Å². The van der Waals surface area contributed by atoms with Crippen LogP contribution in [-0.4, -0.2) is 69.0 Å². The number of aliphatic imine (C=N–C) groups is 1. The molecule has 1 aromatic carbocycles. The van der Waals surface area contributed by atoms with E-state index in [2.05, 4.69) is 27.4 Å². The quantitative estimate of drug-likeness (QED) is 0.424. The van der Waals surface area contributed by atoms with Gasteiger partial charge in [0.05, 0.1) is 20.3 Å². The number of hydrogen-bond acceptors (Lipinski definition) is 5. The topological polar surface area (TPSA) is 78.4 Å². The third-order valence-electron chi connectivity index (χ3n) is 4.51. The molecule has 0 spiro atoms. The van der Waals surface area contributed by atoms with Crippen LogP contribution >= 0.6 is 0 Å². The lowest BCUT2D eigenvalue weighted by molar-refractivity contribution is 0.196. The fourth-order valence-corrected chi connectivity index (χ4v) is 3.11. The van der Waals surface area contributed by atoms with Crippen molar-refractivity contribution in [3.63, 3.8) is 0 Å². The summed E-state index contributed by atoms with van der Waals surface area (Å²) in [5.41, 5.74) is 1.04. The van der Waals surface area contributed by atoms with Crippen molar-refractivity contribution in [1.82, 2.24) is 15.5 Å². The molecule has 2 rings (SSSR count). The standard InChI is InChI=1S/C20H34N4O3/c1-3-21-20(22-9-12-24-10-5-4-6-11-24)23-16-17-7-8-18(27-14-13-25)19(15-17)26-2/h7-8,15,25H,3-6,9-14,16H2,1-2H3,(H2,21,22,23). The summed E-state index contributed by atoms with van der Waals surface area (Å²) >= 11 is 0. The van der Waals surface area contributed by atoms with Gasteiger partial charge in [-0.1, -0.05) is 12.5 Å². The van der Waals surface area contributed by atoms with E-state index in [-0.39, 0.29) is 13.2 Å². The zero-order valence-electron chi connectivity index (χ0n) is 16.7. The van der Waals surface area contributed by atoms with Gasteiger partial charge in [0.25, 0.3) is 0 Å². The number of guanidine groups is 1. The Morgan fingerprint density at radius 3 is 2.70 bits per heavy atom. The Morgan fingerprint density at radius 1 is 1.19 bits per heavy atom. The Kier molecular flexibility index (Phi) is 9.79. The van der Waals surface area contributed by atoms with Gasteiger partial charge in [0, 0.05) is 19.6 Å². The molecule has 152 valence electrons. The Balaban J connectivity index is 1.88. The summed E-state index contributed by atoms with van der Waals surface area (Å²) in [5.74, 6) is 2.11. The molecule has 27 heavy (non-hydrogen) atoms. The fourth-order valence-electron chi connectivity index (χ4n) is 3.11. The van der Waals surface area contributed by atoms with E-state index < -0.39 is 0 Å². The van der Waals surface area contributed by atoms with Crippen LogP contribution in [0.5, 0.6) is 11.5 Å². The van der Waals surface area contributed by atoms with Gasteiger partial charge >= 0.3 is 0 Å². The van der Waals surface area contributed by atoms with Gasteiger partial charge in [0.1, 0.15) is 6.61 Å². The molecule has 1 fully saturated rings. The summed E-state index contributed by atoms with van der Waals surface area (Å²) in [4.78, 5) is 7.18. The normalized spacial score (nSPS) is 15.4. The molecule has 7 nitrogen and oxygen atoms in total. The summed E-state index contributed by atoms with van der Waals surface area (Å²) in [7, 11) is 1.61. The molecule has 0 amide bonds. The lowest BCUT2D eigenvalue weighted by Crippen LogP contribution is -2.42. The van der Waals surface area contributed by atoms with E-state index in [0.717, 1.165) is 31.2 Å². The van der Waals surface area contributed by atoms with Crippen molar-refractivity contribution in [3.8, 4) is 11.5 Å². The highest BCUT2D eigenvalue weighted by molar-refractivity contribution is 5.79. The van der Waals surface area contributed by atoms with Crippen molar-refractivity contribution < 1.29 is 14.6 Å². The lowest BCUT2D eigenvalue weighted by Gasteiger charge is -2.26. The molecular formula is C20H34N4O3. The average molecular weight is 379 g/mol. The third-order valence-corrected chi connectivity index (χ3v) is 4.51. The van der Waals surface area contributed by atoms with Crippen LogP contribution < -0.4 is 20.1 Å². The van der Waals surface area contributed by atoms with E-state index in [1.807, 2.05) is 18.2 Å². The highest BCUT2D eigenvalue weighted by Gasteiger charge is 2.10. The second-order valence-electron chi connectivity index (χ2n) is 6.58. The Morgan fingerprint density at radius 2 is 2.00 bits per heavy atom. The van der Waals surface area contributed by atoms with E-state index >= 15 is 0 Å². The first-order valence-corrected chi connectivity index (χ1v) is 9.92. The minimum atomic E-state index is -0.0235. The molecule has 1 heterocycles. The summed E-state index contributed by atoms with van der Waals surface area (Å²) in [6.07, 6.45) is 3.99. The molecule has 0 unspecified atom stereocenters. The number of benzene rings is 1. The van der Waals surface area contributed by atoms with Crippen molar-refractivity contribution >= 4 is 5.96 Å². The van der Waals surface area contributed by atoms with Gasteiger partial charge in [-0.3, -0.25) is 0 Å². The minimum absolute atomic E-state index is 0.0235. The molecule has 7 heteroatoms. The number of nitrogens with one attached hydrogen (secondary N) is 2. The number of piperidine rings is 1. The van der Waals surface area contributed by atoms with Gasteiger partial charge in [-0.05, 0) is 50.6 Å². The molecule has 0 aliphatic carbocycles. The predicted molar refractivity (Wildman–Crippen MR) is 109 cm³/mol. The number of aliphatic hydroxyl groups is 1. The van der Waals surface area contributed by atoms with E-state index in [4.69, 9.17) is 14.6 Å². The molecule has 1 aliphatic heterocycles. The SMILES string of the molecule is CCNC(=NCc1ccc(OCCO)c(OC)c1)NCCN1CCCCC1. The number of aliphatic hydroxyl groups excluding tert-OH is 1. The van der Waals surface area contributed by atoms with Crippen molar-refractivity contribution in [2.75, 3.05) is 53.0 Å². The molecule has 0 radical (unpaired) electrons. The molecule has 0 bridgehead atoms. The molecule has 0 atom stereocenters. The highest BCUT2D eigenvalue weighted by atomic mass is 16.5. The summed E-state index contributed by atoms with van der Waals surface area (Å²) in [6, 6.07) is 5.75. The number of hydrogen-bond donors (Lipinski definition) is 3. The van der Waals surface area contributed by atoms with Gasteiger partial charge in [-0.15, -0.1) is 0 Å². The van der Waals surface area contributed by atoms with Crippen molar-refractivity contribution in [2.24, 2.45) is 4.99 Å². The second kappa shape index (κ2) is 12.4. The molecule has 0 aromatic heterocycles. The van der Waals surface area contributed by atoms with E-state index in [1.165, 1.54) is 32.4 Å². The second-order valence-corrected chi connectivity index (χ2v) is 6.58. The van der Waals surface area contributed by atoms with Crippen molar-refractivity contribution in [1.29, 1.82) is 0 Å². The van der Waals surface area contributed by atoms with Crippen molar-refractivity contribution in [2.45, 2.75) is 32.7 Å². The maximum absolute atomic E-state index is 8.90. The minimum Gasteiger partial charge on any atom is -0.493 e. The maximum Gasteiger partial charge on any atom is 0.191 e. The molecular weight excluding hydrogens is 344 g/mol. The van der Waals surface area contributed by atoms with Gasteiger partial charge in [-0.2, -0.15) is 0 Å². The predicted octanol–water partition coefficient (Wildman–Crippen LogP) is 1.61. The number of nitrogens with zero attached hydrogens (tertiary/aromatic N) is 2. The van der Waals surface area contributed by atoms with E-state index in [0.29, 0.717) is 18.0 Å². The number of likely N-dealkylation sites (tertiary alicyclic amines) is 1. The zero-order chi connectivity index (χ0) is 19.3. The van der Waals surface area contributed by atoms with Crippen LogP contribution in [0.25, 0.3) is 0 Å². The highest BCUT2D eigenvalue weighted by Crippen LogP contribution is 2.28. The third kappa shape index (κ3) is 7.64. The van der Waals surface area contributed by atoms with Crippen LogP contribution in [0.2, 0.25) is 0 Å². The van der Waals surface area contributed by atoms with Gasteiger partial charge < -0.3 is 30.1 Å². The van der Waals surface area contributed by atoms with E-state index in [9.17, 15) is 0 Å². The molecule has 0 saturated carbocycles. The Bertz CT molecular complexity index is 574. The molecule has 3 N–H and O–H groups in total. The van der Waals surface area contributed by atoms with Crippen LogP contribution in [0.15, 0.2) is 23.2 Å². The first-order valence-electron chi connectivity index (χ1n) is 9.92. The Labute approximate surface area is 162 Å². The first-order chi connectivity index (χ1) is 13.3. The summed E-state index contributed by atoms with van der Waals surface area (Å²) in [5, 5.41) is 15.6. The van der Waals surface area contributed by atoms with E-state index in [1.54, 1.807) is 7.11 Å². The van der Waals surface area contributed by atoms with Crippen LogP contribution in [-0.2, 0) is 6.54 Å². The number of rotatable bonds is 10. The van der Waals surface area contributed by atoms with Crippen LogP contribution in [0.1, 0.15) is 31.7 Å². The van der Waals surface area contributed by atoms with Crippen molar-refractivity contribution in [3.05, 3.63) is 23.8 Å². The molecule has 1 aliphatic rings. The molecule has 1 aromatic rings.